The largest absolute Gasteiger partial charge is 0.481 e. The number of carboxylic acid groups (broad SMARTS) is 1. The Kier molecular flexibility index (Phi) is 23.7. The standard InChI is InChI=1S/C3H8O2.C3H6O2.C2H4O2/c1-3(5)2-4;1-2-5-3-4;1-2(3)4/h3-5H,2H2,1H3;3H,2H2,1H3;1H3,(H,3,4). The number of rotatable bonds is 3. The van der Waals surface area contributed by atoms with Crippen molar-refractivity contribution in [3.05, 3.63) is 0 Å². The first-order valence-corrected chi connectivity index (χ1v) is 3.95. The van der Waals surface area contributed by atoms with E-state index >= 15 is 0 Å². The number of hydrogen-bond donors (Lipinski definition) is 3. The molecule has 0 aromatic heterocycles. The second-order valence-corrected chi connectivity index (χ2v) is 2.10. The first-order chi connectivity index (χ1) is 6.42. The first kappa shape index (κ1) is 18.6. The molecule has 86 valence electrons. The first-order valence-electron chi connectivity index (χ1n) is 3.95. The van der Waals surface area contributed by atoms with E-state index in [9.17, 15) is 4.79 Å². The predicted molar refractivity (Wildman–Crippen MR) is 49.8 cm³/mol. The monoisotopic (exact) mass is 210 g/mol. The minimum Gasteiger partial charge on any atom is -0.481 e. The Morgan fingerprint density at radius 3 is 1.86 bits per heavy atom. The number of aliphatic carboxylic acids is 1. The zero-order valence-corrected chi connectivity index (χ0v) is 8.64. The summed E-state index contributed by atoms with van der Waals surface area (Å²) in [5, 5.41) is 23.4. The molecule has 0 saturated carbocycles. The third-order valence-corrected chi connectivity index (χ3v) is 0.499. The fraction of sp³-hybridized carbons (Fsp3) is 0.750. The molecule has 0 aliphatic carbocycles. The van der Waals surface area contributed by atoms with Gasteiger partial charge in [0.2, 0.25) is 0 Å². The zero-order chi connectivity index (χ0) is 12.0. The van der Waals surface area contributed by atoms with Crippen molar-refractivity contribution < 1.29 is 29.6 Å². The van der Waals surface area contributed by atoms with Crippen LogP contribution in [0, 0.1) is 0 Å². The summed E-state index contributed by atoms with van der Waals surface area (Å²) in [5.74, 6) is -0.833. The summed E-state index contributed by atoms with van der Waals surface area (Å²) in [6, 6.07) is 0. The van der Waals surface area contributed by atoms with Crippen molar-refractivity contribution in [3.8, 4) is 0 Å². The highest BCUT2D eigenvalue weighted by molar-refractivity contribution is 5.62. The lowest BCUT2D eigenvalue weighted by Crippen LogP contribution is -2.03. The summed E-state index contributed by atoms with van der Waals surface area (Å²) in [7, 11) is 0. The third kappa shape index (κ3) is 129. The fourth-order valence-corrected chi connectivity index (χ4v) is 0.0680. The van der Waals surface area contributed by atoms with Crippen LogP contribution in [0.5, 0.6) is 0 Å². The van der Waals surface area contributed by atoms with Gasteiger partial charge in [0.25, 0.3) is 12.4 Å². The maximum atomic E-state index is 9.18. The maximum absolute atomic E-state index is 9.18. The van der Waals surface area contributed by atoms with E-state index < -0.39 is 12.1 Å². The van der Waals surface area contributed by atoms with Crippen LogP contribution in [0.15, 0.2) is 0 Å². The van der Waals surface area contributed by atoms with Crippen molar-refractivity contribution in [2.45, 2.75) is 26.9 Å². The van der Waals surface area contributed by atoms with Gasteiger partial charge < -0.3 is 20.1 Å². The quantitative estimate of drug-likeness (QED) is 0.549. The summed E-state index contributed by atoms with van der Waals surface area (Å²) in [6.45, 7) is 5.14. The maximum Gasteiger partial charge on any atom is 0.300 e. The Hall–Kier alpha value is -1.14. The minimum atomic E-state index is -0.833. The normalized spacial score (nSPS) is 9.50. The van der Waals surface area contributed by atoms with Crippen molar-refractivity contribution in [2.24, 2.45) is 0 Å². The smallest absolute Gasteiger partial charge is 0.300 e. The average Bonchev–Trinajstić information content (AvgIpc) is 2.06. The second kappa shape index (κ2) is 17.8. The number of carbonyl (C=O) groups excluding carboxylic acids is 1. The predicted octanol–water partition coefficient (Wildman–Crippen LogP) is -0.370. The lowest BCUT2D eigenvalue weighted by molar-refractivity contribution is -0.134. The number of ether oxygens (including phenoxy) is 1. The molecule has 0 aliphatic heterocycles. The van der Waals surface area contributed by atoms with E-state index in [-0.39, 0.29) is 6.61 Å². The Bertz CT molecular complexity index is 119. The molecule has 0 aromatic rings. The fourth-order valence-electron chi connectivity index (χ4n) is 0.0680. The van der Waals surface area contributed by atoms with Gasteiger partial charge in [-0.2, -0.15) is 0 Å². The zero-order valence-electron chi connectivity index (χ0n) is 8.64. The third-order valence-electron chi connectivity index (χ3n) is 0.499. The topological polar surface area (TPSA) is 104 Å². The molecule has 0 rings (SSSR count). The molecular formula is C8H18O6. The molecule has 1 atom stereocenters. The van der Waals surface area contributed by atoms with Gasteiger partial charge in [0, 0.05) is 6.92 Å². The lowest BCUT2D eigenvalue weighted by Gasteiger charge is -1.90. The van der Waals surface area contributed by atoms with Crippen LogP contribution in [-0.2, 0) is 14.3 Å². The van der Waals surface area contributed by atoms with Crippen LogP contribution in [0.2, 0.25) is 0 Å². The van der Waals surface area contributed by atoms with E-state index in [4.69, 9.17) is 20.1 Å². The number of carbonyl (C=O) groups is 2. The van der Waals surface area contributed by atoms with E-state index in [1.807, 2.05) is 0 Å². The molecule has 0 spiro atoms. The summed E-state index contributed by atoms with van der Waals surface area (Å²) >= 11 is 0. The molecule has 6 heteroatoms. The molecule has 0 heterocycles. The molecule has 0 bridgehead atoms. The van der Waals surface area contributed by atoms with E-state index in [0.29, 0.717) is 13.1 Å². The van der Waals surface area contributed by atoms with Crippen LogP contribution in [-0.4, -0.2) is 47.1 Å². The highest BCUT2D eigenvalue weighted by atomic mass is 16.5. The Morgan fingerprint density at radius 2 is 1.86 bits per heavy atom. The van der Waals surface area contributed by atoms with Crippen LogP contribution in [0.3, 0.4) is 0 Å². The second-order valence-electron chi connectivity index (χ2n) is 2.10. The van der Waals surface area contributed by atoms with E-state index in [1.54, 1.807) is 6.92 Å². The van der Waals surface area contributed by atoms with Gasteiger partial charge in [-0.3, -0.25) is 9.59 Å². The molecule has 6 nitrogen and oxygen atoms in total. The highest BCUT2D eigenvalue weighted by Gasteiger charge is 1.83. The molecule has 0 saturated heterocycles. The Morgan fingerprint density at radius 1 is 1.57 bits per heavy atom. The van der Waals surface area contributed by atoms with Gasteiger partial charge in [-0.15, -0.1) is 0 Å². The van der Waals surface area contributed by atoms with Gasteiger partial charge >= 0.3 is 0 Å². The Balaban J connectivity index is -0.000000131. The molecule has 1 unspecified atom stereocenters. The summed E-state index contributed by atoms with van der Waals surface area (Å²) in [5.41, 5.74) is 0. The van der Waals surface area contributed by atoms with Gasteiger partial charge in [0.05, 0.1) is 19.3 Å². The van der Waals surface area contributed by atoms with Gasteiger partial charge in [-0.25, -0.2) is 0 Å². The number of aliphatic hydroxyl groups excluding tert-OH is 2. The van der Waals surface area contributed by atoms with E-state index in [0.717, 1.165) is 6.92 Å². The van der Waals surface area contributed by atoms with Gasteiger partial charge in [0.1, 0.15) is 0 Å². The molecule has 3 N–H and O–H groups in total. The van der Waals surface area contributed by atoms with Gasteiger partial charge in [-0.1, -0.05) is 0 Å². The summed E-state index contributed by atoms with van der Waals surface area (Å²) < 4.78 is 4.15. The van der Waals surface area contributed by atoms with Crippen molar-refractivity contribution in [1.29, 1.82) is 0 Å². The number of aliphatic hydroxyl groups is 2. The van der Waals surface area contributed by atoms with Crippen LogP contribution in [0.25, 0.3) is 0 Å². The molecule has 0 amide bonds. The van der Waals surface area contributed by atoms with Crippen molar-refractivity contribution in [3.63, 3.8) is 0 Å². The van der Waals surface area contributed by atoms with Crippen LogP contribution in [0.1, 0.15) is 20.8 Å². The summed E-state index contributed by atoms with van der Waals surface area (Å²) in [6.07, 6.45) is -0.560. The van der Waals surface area contributed by atoms with Crippen molar-refractivity contribution in [1.82, 2.24) is 0 Å². The summed E-state index contributed by atoms with van der Waals surface area (Å²) in [4.78, 5) is 18.2. The molecule has 0 fully saturated rings. The van der Waals surface area contributed by atoms with Crippen LogP contribution >= 0.6 is 0 Å². The van der Waals surface area contributed by atoms with Gasteiger partial charge in [-0.05, 0) is 13.8 Å². The molecule has 0 radical (unpaired) electrons. The number of hydrogen-bond acceptors (Lipinski definition) is 5. The average molecular weight is 210 g/mol. The molecule has 0 aliphatic rings. The SMILES string of the molecule is CC(=O)O.CC(O)CO.CCOC=O. The minimum absolute atomic E-state index is 0.139. The van der Waals surface area contributed by atoms with Crippen LogP contribution < -0.4 is 0 Å². The van der Waals surface area contributed by atoms with Crippen molar-refractivity contribution >= 4 is 12.4 Å². The van der Waals surface area contributed by atoms with Gasteiger partial charge in [0.15, 0.2) is 0 Å². The number of carboxylic acids is 1. The van der Waals surface area contributed by atoms with Crippen LogP contribution in [0.4, 0.5) is 0 Å². The van der Waals surface area contributed by atoms with E-state index in [1.165, 1.54) is 6.92 Å². The van der Waals surface area contributed by atoms with Crippen molar-refractivity contribution in [2.75, 3.05) is 13.2 Å². The molecule has 0 aromatic carbocycles. The van der Waals surface area contributed by atoms with E-state index in [2.05, 4.69) is 4.74 Å². The highest BCUT2D eigenvalue weighted by Crippen LogP contribution is 1.68. The Labute approximate surface area is 83.1 Å². The molecular weight excluding hydrogens is 192 g/mol. The molecule has 14 heavy (non-hydrogen) atoms. The lowest BCUT2D eigenvalue weighted by atomic mass is 10.5.